The fourth-order valence-corrected chi connectivity index (χ4v) is 4.07. The number of ether oxygens (including phenoxy) is 2. The van der Waals surface area contributed by atoms with Crippen molar-refractivity contribution in [2.45, 2.75) is 13.8 Å². The third-order valence-corrected chi connectivity index (χ3v) is 4.95. The van der Waals surface area contributed by atoms with Crippen LogP contribution in [0, 0.1) is 0 Å². The third kappa shape index (κ3) is 2.72. The second-order valence-corrected chi connectivity index (χ2v) is 5.95. The molecule has 0 atom stereocenters. The van der Waals surface area contributed by atoms with Crippen LogP contribution in [0.3, 0.4) is 0 Å². The van der Waals surface area contributed by atoms with E-state index >= 15 is 0 Å². The van der Waals surface area contributed by atoms with Crippen LogP contribution < -0.4 is 0 Å². The van der Waals surface area contributed by atoms with Gasteiger partial charge in [-0.25, -0.2) is 0 Å². The van der Waals surface area contributed by atoms with Crippen molar-refractivity contribution in [3.63, 3.8) is 0 Å². The molecule has 2 rings (SSSR count). The second kappa shape index (κ2) is 6.04. The molecule has 100 valence electrons. The van der Waals surface area contributed by atoms with Gasteiger partial charge in [0.2, 0.25) is 0 Å². The molecule has 0 saturated heterocycles. The van der Waals surface area contributed by atoms with E-state index in [9.17, 15) is 9.59 Å². The Bertz CT molecular complexity index is 615. The fourth-order valence-electron chi connectivity index (χ4n) is 1.79. The average molecular weight is 325 g/mol. The molecule has 0 spiro atoms. The molecule has 2 aromatic rings. The summed E-state index contributed by atoms with van der Waals surface area (Å²) in [6.07, 6.45) is 0. The van der Waals surface area contributed by atoms with Crippen LogP contribution in [-0.2, 0) is 9.47 Å². The van der Waals surface area contributed by atoms with Crippen molar-refractivity contribution in [3.05, 3.63) is 34.3 Å². The van der Waals surface area contributed by atoms with Crippen LogP contribution in [0.1, 0.15) is 33.4 Å². The molecule has 0 aliphatic rings. The molecule has 4 nitrogen and oxygen atoms in total. The minimum atomic E-state index is -0.447. The Hall–Kier alpha value is -1.58. The van der Waals surface area contributed by atoms with Crippen molar-refractivity contribution in [1.82, 2.24) is 0 Å². The second-order valence-electron chi connectivity index (χ2n) is 3.74. The summed E-state index contributed by atoms with van der Waals surface area (Å²) < 4.78 is 11.5. The van der Waals surface area contributed by atoms with Gasteiger partial charge in [0.25, 0.3) is 0 Å². The SMILES string of the molecule is CCOC(=O)c1[se]c2ccccc2c1C(=O)OCC. The van der Waals surface area contributed by atoms with Crippen LogP contribution in [-0.4, -0.2) is 39.7 Å². The number of hydrogen-bond donors (Lipinski definition) is 0. The number of carbonyl (C=O) groups is 2. The Morgan fingerprint density at radius 2 is 1.68 bits per heavy atom. The van der Waals surface area contributed by atoms with Gasteiger partial charge in [0.05, 0.1) is 0 Å². The van der Waals surface area contributed by atoms with E-state index in [0.717, 1.165) is 9.65 Å². The summed E-state index contributed by atoms with van der Waals surface area (Å²) in [5, 5.41) is 0.795. The quantitative estimate of drug-likeness (QED) is 0.639. The molecule has 0 bridgehead atoms. The summed E-state index contributed by atoms with van der Waals surface area (Å²) in [7, 11) is 0. The van der Waals surface area contributed by atoms with Crippen molar-refractivity contribution in [2.75, 3.05) is 13.2 Å². The number of hydrogen-bond acceptors (Lipinski definition) is 4. The fraction of sp³-hybridized carbons (Fsp3) is 0.286. The Labute approximate surface area is 117 Å². The zero-order valence-corrected chi connectivity index (χ0v) is 12.5. The first kappa shape index (κ1) is 13.8. The van der Waals surface area contributed by atoms with E-state index in [1.54, 1.807) is 13.8 Å². The van der Waals surface area contributed by atoms with Crippen molar-refractivity contribution in [1.29, 1.82) is 0 Å². The topological polar surface area (TPSA) is 52.6 Å². The number of fused-ring (bicyclic) bond motifs is 1. The maximum atomic E-state index is 12.0. The van der Waals surface area contributed by atoms with Crippen LogP contribution in [0.4, 0.5) is 0 Å². The molecule has 19 heavy (non-hydrogen) atoms. The molecule has 0 aliphatic heterocycles. The van der Waals surface area contributed by atoms with Crippen LogP contribution >= 0.6 is 0 Å². The Morgan fingerprint density at radius 1 is 1.05 bits per heavy atom. The van der Waals surface area contributed by atoms with Gasteiger partial charge in [-0.15, -0.1) is 0 Å². The van der Waals surface area contributed by atoms with Gasteiger partial charge >= 0.3 is 116 Å². The summed E-state index contributed by atoms with van der Waals surface area (Å²) in [6, 6.07) is 7.52. The van der Waals surface area contributed by atoms with Crippen molar-refractivity contribution >= 4 is 36.1 Å². The molecule has 0 fully saturated rings. The molecular weight excluding hydrogens is 311 g/mol. The van der Waals surface area contributed by atoms with Gasteiger partial charge in [-0.3, -0.25) is 0 Å². The van der Waals surface area contributed by atoms with E-state index in [4.69, 9.17) is 9.47 Å². The van der Waals surface area contributed by atoms with Crippen molar-refractivity contribution in [3.8, 4) is 0 Å². The van der Waals surface area contributed by atoms with Gasteiger partial charge in [0, 0.05) is 0 Å². The number of esters is 2. The first-order chi connectivity index (χ1) is 9.19. The monoisotopic (exact) mass is 326 g/mol. The Morgan fingerprint density at radius 3 is 2.37 bits per heavy atom. The third-order valence-electron chi connectivity index (χ3n) is 2.54. The van der Waals surface area contributed by atoms with E-state index in [-0.39, 0.29) is 21.1 Å². The predicted octanol–water partition coefficient (Wildman–Crippen LogP) is 2.25. The Balaban J connectivity index is 2.58. The van der Waals surface area contributed by atoms with Crippen LogP contribution in [0.2, 0.25) is 0 Å². The number of carbonyl (C=O) groups excluding carboxylic acids is 2. The zero-order chi connectivity index (χ0) is 13.8. The standard InChI is InChI=1S/C14H14O4Se/c1-3-17-13(15)11-9-7-5-6-8-10(9)19-12(11)14(16)18-4-2/h5-8H,3-4H2,1-2H3. The molecule has 0 unspecified atom stereocenters. The molecule has 0 aliphatic carbocycles. The van der Waals surface area contributed by atoms with Crippen molar-refractivity contribution in [2.24, 2.45) is 0 Å². The molecule has 5 heteroatoms. The van der Waals surface area contributed by atoms with E-state index in [1.165, 1.54) is 0 Å². The van der Waals surface area contributed by atoms with Crippen LogP contribution in [0.15, 0.2) is 24.3 Å². The normalized spacial score (nSPS) is 10.4. The van der Waals surface area contributed by atoms with Gasteiger partial charge in [-0.1, -0.05) is 0 Å². The van der Waals surface area contributed by atoms with E-state index in [2.05, 4.69) is 0 Å². The summed E-state index contributed by atoms with van der Waals surface area (Å²) in [5.41, 5.74) is 0.371. The molecule has 1 heterocycles. The van der Waals surface area contributed by atoms with Gasteiger partial charge in [-0.05, 0) is 0 Å². The molecular formula is C14H14O4Se. The zero-order valence-electron chi connectivity index (χ0n) is 10.8. The number of rotatable bonds is 4. The van der Waals surface area contributed by atoms with Gasteiger partial charge in [-0.2, -0.15) is 0 Å². The van der Waals surface area contributed by atoms with Gasteiger partial charge in [0.15, 0.2) is 0 Å². The van der Waals surface area contributed by atoms with Crippen LogP contribution in [0.5, 0.6) is 0 Å². The summed E-state index contributed by atoms with van der Waals surface area (Å²) >= 11 is -0.203. The number of benzene rings is 1. The van der Waals surface area contributed by atoms with E-state index < -0.39 is 11.9 Å². The summed E-state index contributed by atoms with van der Waals surface area (Å²) in [6.45, 7) is 4.07. The summed E-state index contributed by atoms with van der Waals surface area (Å²) in [4.78, 5) is 24.0. The predicted molar refractivity (Wildman–Crippen MR) is 72.8 cm³/mol. The maximum absolute atomic E-state index is 12.0. The van der Waals surface area contributed by atoms with Crippen molar-refractivity contribution < 1.29 is 19.1 Å². The van der Waals surface area contributed by atoms with Gasteiger partial charge in [0.1, 0.15) is 0 Å². The van der Waals surface area contributed by atoms with Crippen LogP contribution in [0.25, 0.3) is 9.65 Å². The molecule has 0 amide bonds. The first-order valence-corrected chi connectivity index (χ1v) is 7.76. The molecule has 0 radical (unpaired) electrons. The summed E-state index contributed by atoms with van der Waals surface area (Å²) in [5.74, 6) is -0.862. The first-order valence-electron chi connectivity index (χ1n) is 6.04. The molecule has 0 saturated carbocycles. The molecule has 1 aromatic carbocycles. The Kier molecular flexibility index (Phi) is 4.40. The molecule has 1 aromatic heterocycles. The van der Waals surface area contributed by atoms with E-state index in [0.29, 0.717) is 16.6 Å². The average Bonchev–Trinajstić information content (AvgIpc) is 2.78. The van der Waals surface area contributed by atoms with Gasteiger partial charge < -0.3 is 0 Å². The minimum absolute atomic E-state index is 0.203. The van der Waals surface area contributed by atoms with E-state index in [1.807, 2.05) is 24.3 Å². The molecule has 0 N–H and O–H groups in total.